The van der Waals surface area contributed by atoms with E-state index in [0.717, 1.165) is 9.80 Å². The highest BCUT2D eigenvalue weighted by Crippen LogP contribution is 2.28. The molecule has 0 saturated carbocycles. The highest BCUT2D eigenvalue weighted by atomic mass is 16.2. The lowest BCUT2D eigenvalue weighted by Gasteiger charge is -2.07. The summed E-state index contributed by atoms with van der Waals surface area (Å²) < 4.78 is 0. The summed E-state index contributed by atoms with van der Waals surface area (Å²) in [4.78, 5) is 63.4. The van der Waals surface area contributed by atoms with Crippen LogP contribution in [-0.2, 0) is 0 Å². The quantitative estimate of drug-likeness (QED) is 0.604. The second-order valence-corrected chi connectivity index (χ2v) is 6.16. The van der Waals surface area contributed by atoms with E-state index in [1.165, 1.54) is 50.5 Å². The van der Waals surface area contributed by atoms with Crippen molar-refractivity contribution in [3.63, 3.8) is 0 Å². The molecule has 7 heteroatoms. The number of carbonyl (C=O) groups excluding carboxylic acids is 5. The number of amides is 4. The van der Waals surface area contributed by atoms with Crippen molar-refractivity contribution in [1.29, 1.82) is 0 Å². The molecular formula is C19H12N2O5. The van der Waals surface area contributed by atoms with Gasteiger partial charge in [0.1, 0.15) is 0 Å². The summed E-state index contributed by atoms with van der Waals surface area (Å²) in [5.41, 5.74) is 0.882. The number of rotatable bonds is 2. The van der Waals surface area contributed by atoms with Crippen molar-refractivity contribution >= 4 is 29.4 Å². The number of carbonyl (C=O) groups is 5. The normalized spacial score (nSPS) is 15.6. The molecule has 0 aliphatic carbocycles. The van der Waals surface area contributed by atoms with E-state index in [-0.39, 0.29) is 33.4 Å². The van der Waals surface area contributed by atoms with Gasteiger partial charge in [0.15, 0.2) is 5.78 Å². The molecule has 0 unspecified atom stereocenters. The smallest absolute Gasteiger partial charge is 0.262 e. The molecule has 128 valence electrons. The Balaban J connectivity index is 1.83. The molecule has 0 atom stereocenters. The molecule has 0 radical (unpaired) electrons. The molecule has 4 amide bonds. The third kappa shape index (κ3) is 1.91. The first-order valence-electron chi connectivity index (χ1n) is 7.79. The van der Waals surface area contributed by atoms with Crippen molar-refractivity contribution < 1.29 is 24.0 Å². The van der Waals surface area contributed by atoms with E-state index >= 15 is 0 Å². The lowest BCUT2D eigenvalue weighted by Crippen LogP contribution is -2.24. The molecule has 4 rings (SSSR count). The summed E-state index contributed by atoms with van der Waals surface area (Å²) >= 11 is 0. The van der Waals surface area contributed by atoms with E-state index in [9.17, 15) is 24.0 Å². The van der Waals surface area contributed by atoms with Crippen LogP contribution in [0.3, 0.4) is 0 Å². The number of hydrogen-bond acceptors (Lipinski definition) is 5. The topological polar surface area (TPSA) is 91.8 Å². The Kier molecular flexibility index (Phi) is 3.17. The molecule has 0 spiro atoms. The summed E-state index contributed by atoms with van der Waals surface area (Å²) in [5, 5.41) is 0. The summed E-state index contributed by atoms with van der Waals surface area (Å²) in [7, 11) is 2.73. The van der Waals surface area contributed by atoms with Gasteiger partial charge in [0.2, 0.25) is 0 Å². The third-order valence-electron chi connectivity index (χ3n) is 4.71. The highest BCUT2D eigenvalue weighted by molar-refractivity contribution is 6.27. The maximum Gasteiger partial charge on any atom is 0.262 e. The minimum Gasteiger partial charge on any atom is -0.289 e. The Labute approximate surface area is 147 Å². The Morgan fingerprint density at radius 3 is 2.08 bits per heavy atom. The Hall–Kier alpha value is -3.61. The van der Waals surface area contributed by atoms with Gasteiger partial charge >= 0.3 is 0 Å². The van der Waals surface area contributed by atoms with Gasteiger partial charge in [0.25, 0.3) is 23.6 Å². The number of nitrogens with zero attached hydrogens (tertiary/aromatic N) is 2. The van der Waals surface area contributed by atoms with Crippen LogP contribution >= 0.6 is 0 Å². The number of hydrogen-bond donors (Lipinski definition) is 0. The van der Waals surface area contributed by atoms with E-state index in [1.807, 2.05) is 0 Å². The largest absolute Gasteiger partial charge is 0.289 e. The van der Waals surface area contributed by atoms with Crippen LogP contribution < -0.4 is 0 Å². The van der Waals surface area contributed by atoms with Gasteiger partial charge in [-0.05, 0) is 18.2 Å². The molecule has 2 aliphatic rings. The van der Waals surface area contributed by atoms with Gasteiger partial charge in [0.05, 0.1) is 22.3 Å². The first kappa shape index (κ1) is 15.9. The standard InChI is InChI=1S/C19H12N2O5/c1-20-16(23)10-7-6-9(8-13(10)18(20)25)15(22)11-4-3-5-12-14(11)19(26)21(2)17(12)24/h3-8H,1-2H3. The molecule has 0 fully saturated rings. The zero-order chi connectivity index (χ0) is 18.7. The Morgan fingerprint density at radius 2 is 1.35 bits per heavy atom. The second-order valence-electron chi connectivity index (χ2n) is 6.16. The highest BCUT2D eigenvalue weighted by Gasteiger charge is 2.37. The van der Waals surface area contributed by atoms with Crippen LogP contribution in [0.2, 0.25) is 0 Å². The van der Waals surface area contributed by atoms with E-state index in [1.54, 1.807) is 0 Å². The van der Waals surface area contributed by atoms with Crippen LogP contribution in [0.15, 0.2) is 36.4 Å². The minimum atomic E-state index is -0.541. The maximum absolute atomic E-state index is 12.9. The zero-order valence-corrected chi connectivity index (χ0v) is 13.9. The molecule has 26 heavy (non-hydrogen) atoms. The van der Waals surface area contributed by atoms with Crippen LogP contribution in [-0.4, -0.2) is 53.3 Å². The average Bonchev–Trinajstić information content (AvgIpc) is 3.01. The monoisotopic (exact) mass is 348 g/mol. The maximum atomic E-state index is 12.9. The molecule has 0 bridgehead atoms. The van der Waals surface area contributed by atoms with Crippen LogP contribution in [0.1, 0.15) is 57.4 Å². The average molecular weight is 348 g/mol. The summed E-state index contributed by atoms with van der Waals surface area (Å²) in [6.45, 7) is 0. The van der Waals surface area contributed by atoms with Gasteiger partial charge in [-0.25, -0.2) is 0 Å². The fourth-order valence-electron chi connectivity index (χ4n) is 3.25. The van der Waals surface area contributed by atoms with Crippen molar-refractivity contribution in [3.8, 4) is 0 Å². The van der Waals surface area contributed by atoms with Crippen molar-refractivity contribution in [2.75, 3.05) is 14.1 Å². The van der Waals surface area contributed by atoms with Crippen molar-refractivity contribution in [2.24, 2.45) is 0 Å². The fourth-order valence-corrected chi connectivity index (χ4v) is 3.25. The van der Waals surface area contributed by atoms with Gasteiger partial charge in [-0.3, -0.25) is 33.8 Å². The predicted molar refractivity (Wildman–Crippen MR) is 89.2 cm³/mol. The third-order valence-corrected chi connectivity index (χ3v) is 4.71. The molecule has 2 aromatic carbocycles. The van der Waals surface area contributed by atoms with Gasteiger partial charge in [-0.15, -0.1) is 0 Å². The van der Waals surface area contributed by atoms with E-state index in [4.69, 9.17) is 0 Å². The molecule has 7 nitrogen and oxygen atoms in total. The second kappa shape index (κ2) is 5.19. The van der Waals surface area contributed by atoms with E-state index < -0.39 is 29.4 Å². The van der Waals surface area contributed by atoms with E-state index in [0.29, 0.717) is 0 Å². The lowest BCUT2D eigenvalue weighted by atomic mass is 9.94. The zero-order valence-electron chi connectivity index (χ0n) is 13.9. The van der Waals surface area contributed by atoms with E-state index in [2.05, 4.69) is 0 Å². The molecule has 0 N–H and O–H groups in total. The van der Waals surface area contributed by atoms with Gasteiger partial charge in [-0.1, -0.05) is 18.2 Å². The van der Waals surface area contributed by atoms with Crippen molar-refractivity contribution in [1.82, 2.24) is 9.80 Å². The van der Waals surface area contributed by atoms with Crippen LogP contribution in [0, 0.1) is 0 Å². The van der Waals surface area contributed by atoms with Gasteiger partial charge in [-0.2, -0.15) is 0 Å². The molecular weight excluding hydrogens is 336 g/mol. The first-order chi connectivity index (χ1) is 12.3. The van der Waals surface area contributed by atoms with Gasteiger partial charge in [0, 0.05) is 25.2 Å². The number of fused-ring (bicyclic) bond motifs is 2. The number of ketones is 1. The summed E-state index contributed by atoms with van der Waals surface area (Å²) in [6, 6.07) is 8.72. The first-order valence-corrected chi connectivity index (χ1v) is 7.79. The number of benzene rings is 2. The Bertz CT molecular complexity index is 1070. The molecule has 2 heterocycles. The minimum absolute atomic E-state index is 0.0602. The Morgan fingerprint density at radius 1 is 0.731 bits per heavy atom. The van der Waals surface area contributed by atoms with Crippen LogP contribution in [0.25, 0.3) is 0 Å². The molecule has 0 saturated heterocycles. The molecule has 2 aromatic rings. The number of imide groups is 2. The lowest BCUT2D eigenvalue weighted by molar-refractivity contribution is 0.0677. The summed E-state index contributed by atoms with van der Waals surface area (Å²) in [6.07, 6.45) is 0. The molecule has 0 aromatic heterocycles. The predicted octanol–water partition coefficient (Wildman–Crippen LogP) is 1.37. The fraction of sp³-hybridized carbons (Fsp3) is 0.105. The SMILES string of the molecule is CN1C(=O)c2ccc(C(=O)c3cccc4c3C(=O)N(C)C4=O)cc2C1=O. The van der Waals surface area contributed by atoms with Gasteiger partial charge < -0.3 is 0 Å². The molecule has 2 aliphatic heterocycles. The van der Waals surface area contributed by atoms with Crippen molar-refractivity contribution in [2.45, 2.75) is 0 Å². The van der Waals surface area contributed by atoms with Crippen LogP contribution in [0.5, 0.6) is 0 Å². The van der Waals surface area contributed by atoms with Crippen LogP contribution in [0.4, 0.5) is 0 Å². The summed E-state index contributed by atoms with van der Waals surface area (Å²) in [5.74, 6) is -2.40. The van der Waals surface area contributed by atoms with Crippen molar-refractivity contribution in [3.05, 3.63) is 69.8 Å².